The van der Waals surface area contributed by atoms with Gasteiger partial charge in [-0.25, -0.2) is 14.8 Å². The first kappa shape index (κ1) is 59.5. The second-order valence-corrected chi connectivity index (χ2v) is 18.1. The molecule has 4 atom stereocenters. The highest BCUT2D eigenvalue weighted by Gasteiger charge is 2.61. The first-order valence-corrected chi connectivity index (χ1v) is 22.5. The number of aliphatic hydroxyl groups is 1. The minimum absolute atomic E-state index is 0. The van der Waals surface area contributed by atoms with Crippen molar-refractivity contribution in [2.45, 2.75) is 146 Å². The molecule has 4 aromatic heterocycles. The molecule has 7 rings (SSSR count). The molecular weight excluding hydrogens is 1060 g/mol. The summed E-state index contributed by atoms with van der Waals surface area (Å²) in [5, 5.41) is 26.4. The quantitative estimate of drug-likeness (QED) is 0.113. The number of nitrogens with one attached hydrogen (secondary N) is 1. The Hall–Kier alpha value is -6.42. The SMILES string of the molecule is C[C@H]1CC=CCCC(OCc2ccccc2)(C(F)(F)F)c2nnc(o2)-c2nc(c(C(F)(F)F)cc2NC(=O)OC(C)(C)C)O1.C[C@H]1CCCCC[C@@](O)(C(F)(F)F)c2nnc(o2)-c2nc(c(C(F)(F)F)cc2N)O1.Cl. The molecule has 412 valence electrons. The van der Waals surface area contributed by atoms with Gasteiger partial charge in [0, 0.05) is 6.42 Å². The third kappa shape index (κ3) is 14.3. The van der Waals surface area contributed by atoms with Crippen molar-refractivity contribution in [2.75, 3.05) is 11.1 Å². The number of nitrogen functional groups attached to an aromatic ring is 1. The largest absolute Gasteiger partial charge is 0.474 e. The summed E-state index contributed by atoms with van der Waals surface area (Å²) in [5.74, 6) is -5.24. The van der Waals surface area contributed by atoms with Gasteiger partial charge < -0.3 is 38.6 Å². The van der Waals surface area contributed by atoms with Crippen molar-refractivity contribution >= 4 is 29.9 Å². The van der Waals surface area contributed by atoms with Gasteiger partial charge in [-0.3, -0.25) is 5.32 Å². The number of rotatable bonds is 4. The van der Waals surface area contributed by atoms with Crippen LogP contribution < -0.4 is 20.5 Å². The zero-order chi connectivity index (χ0) is 54.7. The zero-order valence-electron chi connectivity index (χ0n) is 40.2. The Morgan fingerprint density at radius 2 is 1.32 bits per heavy atom. The first-order chi connectivity index (χ1) is 34.3. The Morgan fingerprint density at radius 1 is 0.747 bits per heavy atom. The van der Waals surface area contributed by atoms with Gasteiger partial charge in [0.05, 0.1) is 24.1 Å². The van der Waals surface area contributed by atoms with E-state index in [1.807, 2.05) is 0 Å². The van der Waals surface area contributed by atoms with Crippen LogP contribution in [0, 0.1) is 0 Å². The molecule has 0 fully saturated rings. The number of allylic oxidation sites excluding steroid dienone is 1. The molecule has 0 saturated heterocycles. The number of carbonyl (C=O) groups excluding carboxylic acids is 1. The summed E-state index contributed by atoms with van der Waals surface area (Å²) in [4.78, 5) is 20.2. The Morgan fingerprint density at radius 3 is 1.92 bits per heavy atom. The monoisotopic (exact) mass is 1100 g/mol. The van der Waals surface area contributed by atoms with E-state index in [9.17, 15) is 62.6 Å². The summed E-state index contributed by atoms with van der Waals surface area (Å²) in [6.45, 7) is 7.10. The van der Waals surface area contributed by atoms with E-state index in [4.69, 9.17) is 33.5 Å². The molecule has 0 saturated carbocycles. The maximum Gasteiger partial charge on any atom is 0.426 e. The number of benzene rings is 1. The lowest BCUT2D eigenvalue weighted by molar-refractivity contribution is -0.299. The Bertz CT molecular complexity index is 2770. The number of halogens is 13. The lowest BCUT2D eigenvalue weighted by Gasteiger charge is -2.32. The topological polar surface area (TPSA) is 216 Å². The predicted octanol–water partition coefficient (Wildman–Crippen LogP) is 12.6. The molecule has 5 aromatic rings. The molecule has 4 N–H and O–H groups in total. The zero-order valence-corrected chi connectivity index (χ0v) is 41.0. The highest BCUT2D eigenvalue weighted by atomic mass is 35.5. The molecule has 2 aliphatic rings. The lowest BCUT2D eigenvalue weighted by atomic mass is 9.94. The third-order valence-electron chi connectivity index (χ3n) is 11.0. The van der Waals surface area contributed by atoms with Crippen molar-refractivity contribution < 1.29 is 90.4 Å². The number of ether oxygens (including phenoxy) is 4. The van der Waals surface area contributed by atoms with Crippen LogP contribution in [-0.2, 0) is 39.6 Å². The Kier molecular flexibility index (Phi) is 18.1. The second kappa shape index (κ2) is 22.8. The van der Waals surface area contributed by atoms with Gasteiger partial charge in [0.1, 0.15) is 22.8 Å². The van der Waals surface area contributed by atoms with Crippen molar-refractivity contribution in [1.82, 2.24) is 30.4 Å². The maximum atomic E-state index is 14.9. The fourth-order valence-electron chi connectivity index (χ4n) is 7.31. The minimum Gasteiger partial charge on any atom is -0.474 e. The Labute approximate surface area is 425 Å². The molecule has 1 aromatic carbocycles. The lowest BCUT2D eigenvalue weighted by Crippen LogP contribution is -2.45. The summed E-state index contributed by atoms with van der Waals surface area (Å²) in [5.41, 5.74) is -6.30. The van der Waals surface area contributed by atoms with Gasteiger partial charge in [-0.05, 0) is 90.8 Å². The molecule has 0 radical (unpaired) electrons. The number of amides is 1. The van der Waals surface area contributed by atoms with Crippen LogP contribution in [0.4, 0.5) is 68.9 Å². The van der Waals surface area contributed by atoms with Gasteiger partial charge in [-0.1, -0.05) is 48.9 Å². The molecule has 29 heteroatoms. The third-order valence-corrected chi connectivity index (χ3v) is 11.0. The van der Waals surface area contributed by atoms with E-state index in [1.165, 1.54) is 46.8 Å². The number of aromatic nitrogens is 6. The summed E-state index contributed by atoms with van der Waals surface area (Å²) >= 11 is 0. The van der Waals surface area contributed by atoms with E-state index in [0.29, 0.717) is 24.1 Å². The van der Waals surface area contributed by atoms with Crippen LogP contribution >= 0.6 is 12.4 Å². The van der Waals surface area contributed by atoms with Gasteiger partial charge in [-0.15, -0.1) is 32.8 Å². The van der Waals surface area contributed by atoms with Crippen molar-refractivity contribution in [3.05, 3.63) is 83.1 Å². The van der Waals surface area contributed by atoms with E-state index in [-0.39, 0.29) is 44.5 Å². The average Bonchev–Trinajstić information content (AvgIpc) is 3.98. The van der Waals surface area contributed by atoms with Crippen molar-refractivity contribution in [2.24, 2.45) is 0 Å². The number of nitrogens with two attached hydrogens (primary N) is 1. The highest BCUT2D eigenvalue weighted by Crippen LogP contribution is 2.49. The maximum absolute atomic E-state index is 14.9. The molecule has 0 spiro atoms. The molecule has 1 unspecified atom stereocenters. The van der Waals surface area contributed by atoms with Crippen LogP contribution in [-0.4, -0.2) is 71.7 Å². The molecule has 1 amide bonds. The number of carbonyl (C=O) groups is 1. The van der Waals surface area contributed by atoms with Gasteiger partial charge in [0.2, 0.25) is 23.0 Å². The standard InChI is InChI=1S/C29H30F6N4O5.C17H18F6N4O3.ClH/c1-17-11-7-6-10-14-27(29(33,34)35,41-16-18-12-8-5-9-13-18)24-39-38-23(43-24)21-20(36-25(40)44-26(2,3)4)15-19(28(30,31)32)22(37-21)42-17;1-8-5-3-2-4-6-15(28,17(21,22)23)14-27-26-13(30-14)11-10(24)7-9(16(18,19)20)12(25-11)29-8;/h5-9,12-13,15,17H,10-11,14,16H2,1-4H3,(H,36,40);7-8,28H,2-6,24H2,1H3;1H/t17-,27?;8-,15-;/m00./s1. The number of pyridine rings is 2. The number of nitrogens with zero attached hydrogens (tertiary/aromatic N) is 6. The average molecular weight is 1110 g/mol. The molecule has 0 aliphatic carbocycles. The number of hydrogen-bond donors (Lipinski definition) is 3. The summed E-state index contributed by atoms with van der Waals surface area (Å²) < 4.78 is 200. The van der Waals surface area contributed by atoms with Gasteiger partial charge >= 0.3 is 30.8 Å². The van der Waals surface area contributed by atoms with Crippen molar-refractivity contribution in [3.63, 3.8) is 0 Å². The van der Waals surface area contributed by atoms with E-state index < -0.39 is 148 Å². The van der Waals surface area contributed by atoms with Gasteiger partial charge in [-0.2, -0.15) is 52.7 Å². The molecule has 16 nitrogen and oxygen atoms in total. The predicted molar refractivity (Wildman–Crippen MR) is 242 cm³/mol. The fourth-order valence-corrected chi connectivity index (χ4v) is 7.31. The second-order valence-electron chi connectivity index (χ2n) is 18.1. The summed E-state index contributed by atoms with van der Waals surface area (Å²) in [7, 11) is 0. The van der Waals surface area contributed by atoms with Crippen LogP contribution in [0.15, 0.2) is 63.5 Å². The number of alkyl halides is 12. The Balaban J connectivity index is 0.000000293. The molecule has 8 bridgehead atoms. The smallest absolute Gasteiger partial charge is 0.426 e. The number of fused-ring (bicyclic) bond motifs is 10. The van der Waals surface area contributed by atoms with E-state index >= 15 is 0 Å². The van der Waals surface area contributed by atoms with E-state index in [1.54, 1.807) is 30.3 Å². The number of anilines is 2. The molecular formula is C46H49ClF12N8O8. The van der Waals surface area contributed by atoms with E-state index in [2.05, 4.69) is 35.7 Å². The van der Waals surface area contributed by atoms with Gasteiger partial charge in [0.25, 0.3) is 23.6 Å². The minimum atomic E-state index is -5.12. The summed E-state index contributed by atoms with van der Waals surface area (Å²) in [6, 6.07) is 9.18. The first-order valence-electron chi connectivity index (χ1n) is 22.5. The normalized spacial score (nSPS) is 20.9. The van der Waals surface area contributed by atoms with Crippen LogP contribution in [0.5, 0.6) is 11.8 Å². The highest BCUT2D eigenvalue weighted by molar-refractivity contribution is 5.89. The molecule has 75 heavy (non-hydrogen) atoms. The van der Waals surface area contributed by atoms with Crippen molar-refractivity contribution in [3.8, 4) is 34.9 Å². The summed E-state index contributed by atoms with van der Waals surface area (Å²) in [6.07, 6.45) is -20.5. The van der Waals surface area contributed by atoms with Crippen LogP contribution in [0.2, 0.25) is 0 Å². The fraction of sp³-hybridized carbons (Fsp3) is 0.500. The molecule has 2 aliphatic heterocycles. The van der Waals surface area contributed by atoms with Crippen molar-refractivity contribution in [1.29, 1.82) is 0 Å². The van der Waals surface area contributed by atoms with E-state index in [0.717, 1.165) is 0 Å². The van der Waals surface area contributed by atoms with Gasteiger partial charge in [0.15, 0.2) is 11.4 Å². The van der Waals surface area contributed by atoms with Crippen LogP contribution in [0.25, 0.3) is 23.2 Å². The molecule has 6 heterocycles. The van der Waals surface area contributed by atoms with Crippen LogP contribution in [0.1, 0.15) is 114 Å². The van der Waals surface area contributed by atoms with Crippen LogP contribution in [0.3, 0.4) is 0 Å². The number of hydrogen-bond acceptors (Lipinski definition) is 15.